The molecule has 0 aliphatic rings. The Bertz CT molecular complexity index is 2830. The topological polar surface area (TPSA) is 3.24 Å². The average Bonchev–Trinajstić information content (AvgIpc) is 3.55. The summed E-state index contributed by atoms with van der Waals surface area (Å²) in [4.78, 5) is 2.42. The van der Waals surface area contributed by atoms with Crippen molar-refractivity contribution in [3.05, 3.63) is 176 Å². The monoisotopic (exact) mass is 627 g/mol. The van der Waals surface area contributed by atoms with E-state index < -0.39 is 0 Å². The molecule has 0 radical (unpaired) electrons. The summed E-state index contributed by atoms with van der Waals surface area (Å²) in [5, 5.41) is 12.9. The van der Waals surface area contributed by atoms with Crippen LogP contribution in [0, 0.1) is 0 Å². The van der Waals surface area contributed by atoms with Crippen molar-refractivity contribution in [1.29, 1.82) is 0 Å². The molecule has 1 aromatic heterocycles. The fraction of sp³-hybridized carbons (Fsp3) is 0. The van der Waals surface area contributed by atoms with Crippen LogP contribution in [-0.2, 0) is 0 Å². The minimum atomic E-state index is 1.14. The smallest absolute Gasteiger partial charge is 0.0646 e. The lowest BCUT2D eigenvalue weighted by Gasteiger charge is -2.27. The maximum absolute atomic E-state index is 2.42. The van der Waals surface area contributed by atoms with Gasteiger partial charge in [-0.15, -0.1) is 11.3 Å². The third kappa shape index (κ3) is 4.24. The standard InChI is InChI=1S/C46H29NS/c1-2-12-36(13-3-1)47(42-29-34-11-5-7-15-39(34)45-41-16-8-9-17-43(41)48-46(42)45)37-25-22-30(23-26-37)33-24-27-40-35(28-33)21-20-32-19-18-31-10-4-6-14-38(31)44(32)40/h1-29H. The summed E-state index contributed by atoms with van der Waals surface area (Å²) >= 11 is 1.88. The molecule has 9 aromatic carbocycles. The first-order valence-corrected chi connectivity index (χ1v) is 17.2. The number of fused-ring (bicyclic) bond motifs is 10. The first kappa shape index (κ1) is 27.2. The van der Waals surface area contributed by atoms with Gasteiger partial charge in [0.25, 0.3) is 0 Å². The van der Waals surface area contributed by atoms with E-state index in [-0.39, 0.29) is 0 Å². The first-order chi connectivity index (χ1) is 23.8. The van der Waals surface area contributed by atoms with Crippen molar-refractivity contribution >= 4 is 91.7 Å². The summed E-state index contributed by atoms with van der Waals surface area (Å²) in [7, 11) is 0. The number of nitrogens with zero attached hydrogens (tertiary/aromatic N) is 1. The van der Waals surface area contributed by atoms with Gasteiger partial charge >= 0.3 is 0 Å². The maximum atomic E-state index is 2.42. The van der Waals surface area contributed by atoms with Gasteiger partial charge in [0.2, 0.25) is 0 Å². The van der Waals surface area contributed by atoms with Crippen LogP contribution in [0.2, 0.25) is 0 Å². The molecule has 1 heterocycles. The Labute approximate surface area is 282 Å². The third-order valence-electron chi connectivity index (χ3n) is 9.79. The van der Waals surface area contributed by atoms with Crippen LogP contribution in [0.15, 0.2) is 176 Å². The summed E-state index contributed by atoms with van der Waals surface area (Å²) in [5.74, 6) is 0. The Morgan fingerprint density at radius 2 is 0.917 bits per heavy atom. The Kier molecular flexibility index (Phi) is 6.12. The van der Waals surface area contributed by atoms with E-state index in [2.05, 4.69) is 181 Å². The van der Waals surface area contributed by atoms with Crippen molar-refractivity contribution in [2.45, 2.75) is 0 Å². The molecule has 0 unspecified atom stereocenters. The van der Waals surface area contributed by atoms with Gasteiger partial charge in [0.1, 0.15) is 0 Å². The molecule has 48 heavy (non-hydrogen) atoms. The number of hydrogen-bond donors (Lipinski definition) is 0. The molecule has 0 aliphatic carbocycles. The van der Waals surface area contributed by atoms with Gasteiger partial charge < -0.3 is 4.90 Å². The minimum absolute atomic E-state index is 1.14. The lowest BCUT2D eigenvalue weighted by Crippen LogP contribution is -2.10. The van der Waals surface area contributed by atoms with Crippen molar-refractivity contribution in [2.75, 3.05) is 4.90 Å². The van der Waals surface area contributed by atoms with Crippen LogP contribution in [0.3, 0.4) is 0 Å². The van der Waals surface area contributed by atoms with Gasteiger partial charge in [-0.2, -0.15) is 0 Å². The van der Waals surface area contributed by atoms with E-state index in [0.29, 0.717) is 0 Å². The summed E-state index contributed by atoms with van der Waals surface area (Å²) in [5.41, 5.74) is 5.91. The molecule has 0 fully saturated rings. The van der Waals surface area contributed by atoms with Gasteiger partial charge in [-0.25, -0.2) is 0 Å². The first-order valence-electron chi connectivity index (χ1n) is 16.4. The van der Waals surface area contributed by atoms with Crippen LogP contribution in [0.5, 0.6) is 0 Å². The number of para-hydroxylation sites is 1. The SMILES string of the molecule is c1ccc(N(c2ccc(-c3ccc4c(ccc5ccc6ccccc6c54)c3)cc2)c2cc3ccccc3c3c2sc2ccccc23)cc1. The maximum Gasteiger partial charge on any atom is 0.0646 e. The molecule has 224 valence electrons. The highest BCUT2D eigenvalue weighted by molar-refractivity contribution is 7.26. The average molecular weight is 628 g/mol. The summed E-state index contributed by atoms with van der Waals surface area (Å²) in [6.45, 7) is 0. The van der Waals surface area contributed by atoms with E-state index in [1.165, 1.54) is 80.1 Å². The summed E-state index contributed by atoms with van der Waals surface area (Å²) in [6.07, 6.45) is 0. The number of thiophene rings is 1. The Morgan fingerprint density at radius 3 is 1.73 bits per heavy atom. The molecule has 0 atom stereocenters. The van der Waals surface area contributed by atoms with E-state index in [1.807, 2.05) is 11.3 Å². The zero-order valence-corrected chi connectivity index (χ0v) is 26.9. The Hall–Kier alpha value is -5.96. The molecule has 0 N–H and O–H groups in total. The van der Waals surface area contributed by atoms with E-state index in [4.69, 9.17) is 0 Å². The van der Waals surface area contributed by atoms with Gasteiger partial charge in [0.05, 0.1) is 10.4 Å². The highest BCUT2D eigenvalue weighted by atomic mass is 32.1. The number of benzene rings is 9. The fourth-order valence-corrected chi connectivity index (χ4v) is 8.77. The molecule has 0 bridgehead atoms. The second-order valence-corrected chi connectivity index (χ2v) is 13.6. The predicted molar refractivity (Wildman–Crippen MR) is 209 cm³/mol. The third-order valence-corrected chi connectivity index (χ3v) is 11.0. The van der Waals surface area contributed by atoms with E-state index in [9.17, 15) is 0 Å². The Morgan fingerprint density at radius 1 is 0.354 bits per heavy atom. The highest BCUT2D eigenvalue weighted by Crippen LogP contribution is 2.48. The molecular weight excluding hydrogens is 599 g/mol. The molecule has 0 saturated carbocycles. The highest BCUT2D eigenvalue weighted by Gasteiger charge is 2.20. The van der Waals surface area contributed by atoms with Crippen LogP contribution < -0.4 is 4.90 Å². The van der Waals surface area contributed by atoms with Crippen LogP contribution in [0.25, 0.3) is 74.4 Å². The molecule has 0 spiro atoms. The lowest BCUT2D eigenvalue weighted by atomic mass is 9.94. The molecule has 1 nitrogen and oxygen atoms in total. The largest absolute Gasteiger partial charge is 0.309 e. The van der Waals surface area contributed by atoms with Gasteiger partial charge in [0, 0.05) is 26.8 Å². The molecule has 0 amide bonds. The molecule has 10 rings (SSSR count). The van der Waals surface area contributed by atoms with Crippen LogP contribution in [0.4, 0.5) is 17.1 Å². The molecule has 0 aliphatic heterocycles. The van der Waals surface area contributed by atoms with Crippen molar-refractivity contribution in [3.8, 4) is 11.1 Å². The zero-order chi connectivity index (χ0) is 31.6. The second kappa shape index (κ2) is 10.8. The number of hydrogen-bond acceptors (Lipinski definition) is 2. The van der Waals surface area contributed by atoms with Crippen molar-refractivity contribution in [3.63, 3.8) is 0 Å². The number of rotatable bonds is 4. The van der Waals surface area contributed by atoms with Crippen molar-refractivity contribution < 1.29 is 0 Å². The minimum Gasteiger partial charge on any atom is -0.309 e. The van der Waals surface area contributed by atoms with E-state index in [0.717, 1.165) is 11.4 Å². The molecule has 10 aromatic rings. The van der Waals surface area contributed by atoms with Gasteiger partial charge in [-0.1, -0.05) is 133 Å². The predicted octanol–water partition coefficient (Wildman–Crippen LogP) is 13.8. The van der Waals surface area contributed by atoms with Crippen LogP contribution in [-0.4, -0.2) is 0 Å². The molecule has 0 saturated heterocycles. The van der Waals surface area contributed by atoms with E-state index in [1.54, 1.807) is 0 Å². The number of anilines is 3. The van der Waals surface area contributed by atoms with E-state index >= 15 is 0 Å². The van der Waals surface area contributed by atoms with Crippen molar-refractivity contribution in [2.24, 2.45) is 0 Å². The second-order valence-electron chi connectivity index (χ2n) is 12.5. The molecule has 2 heteroatoms. The van der Waals surface area contributed by atoms with Gasteiger partial charge in [0.15, 0.2) is 0 Å². The quantitative estimate of drug-likeness (QED) is 0.176. The Balaban J connectivity index is 1.13. The van der Waals surface area contributed by atoms with Crippen LogP contribution in [0.1, 0.15) is 0 Å². The zero-order valence-electron chi connectivity index (χ0n) is 26.1. The van der Waals surface area contributed by atoms with Gasteiger partial charge in [-0.3, -0.25) is 0 Å². The fourth-order valence-electron chi connectivity index (χ4n) is 7.55. The lowest BCUT2D eigenvalue weighted by molar-refractivity contribution is 1.30. The molecular formula is C46H29NS. The van der Waals surface area contributed by atoms with Crippen molar-refractivity contribution in [1.82, 2.24) is 0 Å². The van der Waals surface area contributed by atoms with Crippen LogP contribution >= 0.6 is 11.3 Å². The normalized spacial score (nSPS) is 11.8. The summed E-state index contributed by atoms with van der Waals surface area (Å²) in [6, 6.07) is 64.4. The van der Waals surface area contributed by atoms with Gasteiger partial charge in [-0.05, 0) is 96.7 Å². The summed E-state index contributed by atoms with van der Waals surface area (Å²) < 4.78 is 2.61.